The van der Waals surface area contributed by atoms with E-state index in [1.54, 1.807) is 0 Å². The second-order valence-electron chi connectivity index (χ2n) is 5.27. The Morgan fingerprint density at radius 1 is 1.37 bits per heavy atom. The highest BCUT2D eigenvalue weighted by Crippen LogP contribution is 2.15. The summed E-state index contributed by atoms with van der Waals surface area (Å²) in [6, 6.07) is 1.93. The number of hydrogen-bond acceptors (Lipinski definition) is 4. The lowest BCUT2D eigenvalue weighted by Crippen LogP contribution is -2.26. The Bertz CT molecular complexity index is 385. The summed E-state index contributed by atoms with van der Waals surface area (Å²) in [7, 11) is 0. The number of rotatable bonds is 8. The minimum absolute atomic E-state index is 0.00462. The number of anilines is 1. The van der Waals surface area contributed by atoms with Crippen molar-refractivity contribution in [2.24, 2.45) is 5.92 Å². The summed E-state index contributed by atoms with van der Waals surface area (Å²) in [5.41, 5.74) is 0.950. The maximum absolute atomic E-state index is 9.38. The molecule has 1 atom stereocenters. The Kier molecular flexibility index (Phi) is 7.10. The highest BCUT2D eigenvalue weighted by Gasteiger charge is 2.11. The van der Waals surface area contributed by atoms with Crippen LogP contribution in [0.2, 0.25) is 5.28 Å². The number of aliphatic hydroxyl groups excluding tert-OH is 1. The molecule has 19 heavy (non-hydrogen) atoms. The summed E-state index contributed by atoms with van der Waals surface area (Å²) in [6.07, 6.45) is 4.00. The fraction of sp³-hybridized carbons (Fsp3) is 0.714. The first kappa shape index (κ1) is 16.2. The fourth-order valence-electron chi connectivity index (χ4n) is 1.98. The molecule has 1 heterocycles. The van der Waals surface area contributed by atoms with Gasteiger partial charge in [-0.1, -0.05) is 27.2 Å². The van der Waals surface area contributed by atoms with Crippen LogP contribution in [0.3, 0.4) is 0 Å². The van der Waals surface area contributed by atoms with Crippen molar-refractivity contribution < 1.29 is 5.11 Å². The van der Waals surface area contributed by atoms with E-state index >= 15 is 0 Å². The Morgan fingerprint density at radius 3 is 2.68 bits per heavy atom. The molecule has 0 aliphatic carbocycles. The molecule has 0 saturated heterocycles. The quantitative estimate of drug-likeness (QED) is 0.720. The molecule has 0 bridgehead atoms. The van der Waals surface area contributed by atoms with Gasteiger partial charge in [0.05, 0.1) is 12.6 Å². The Balaban J connectivity index is 2.73. The lowest BCUT2D eigenvalue weighted by Gasteiger charge is -2.19. The number of aliphatic hydroxyl groups is 1. The van der Waals surface area contributed by atoms with E-state index in [0.717, 1.165) is 31.4 Å². The second kappa shape index (κ2) is 8.33. The van der Waals surface area contributed by atoms with E-state index in [1.807, 2.05) is 6.07 Å². The van der Waals surface area contributed by atoms with Crippen LogP contribution in [0.5, 0.6) is 0 Å². The molecule has 0 spiro atoms. The van der Waals surface area contributed by atoms with Gasteiger partial charge in [0, 0.05) is 11.8 Å². The largest absolute Gasteiger partial charge is 0.394 e. The number of aromatic nitrogens is 2. The summed E-state index contributed by atoms with van der Waals surface area (Å²) in [4.78, 5) is 8.39. The number of hydrogen-bond donors (Lipinski definition) is 2. The molecule has 2 N–H and O–H groups in total. The molecule has 1 rings (SSSR count). The van der Waals surface area contributed by atoms with Gasteiger partial charge in [-0.2, -0.15) is 0 Å². The zero-order chi connectivity index (χ0) is 14.3. The van der Waals surface area contributed by atoms with Crippen LogP contribution in [0.1, 0.15) is 45.7 Å². The van der Waals surface area contributed by atoms with Gasteiger partial charge in [-0.3, -0.25) is 0 Å². The van der Waals surface area contributed by atoms with Crippen molar-refractivity contribution in [1.29, 1.82) is 0 Å². The van der Waals surface area contributed by atoms with Crippen molar-refractivity contribution in [3.63, 3.8) is 0 Å². The third-order valence-electron chi connectivity index (χ3n) is 2.87. The van der Waals surface area contributed by atoms with Gasteiger partial charge >= 0.3 is 0 Å². The molecule has 5 heteroatoms. The van der Waals surface area contributed by atoms with Gasteiger partial charge in [-0.25, -0.2) is 9.97 Å². The molecule has 0 aromatic carbocycles. The van der Waals surface area contributed by atoms with Crippen LogP contribution in [0.25, 0.3) is 0 Å². The van der Waals surface area contributed by atoms with Crippen LogP contribution in [-0.4, -0.2) is 27.7 Å². The average Bonchev–Trinajstić information content (AvgIpc) is 2.34. The molecular formula is C14H24ClN3O. The maximum atomic E-state index is 9.38. The fourth-order valence-corrected chi connectivity index (χ4v) is 2.18. The van der Waals surface area contributed by atoms with E-state index in [2.05, 4.69) is 36.1 Å². The SMILES string of the molecule is CCCCc1cc(N[C@H](CO)CC(C)C)nc(Cl)n1. The summed E-state index contributed by atoms with van der Waals surface area (Å²) in [5, 5.41) is 12.9. The van der Waals surface area contributed by atoms with E-state index in [9.17, 15) is 5.11 Å². The highest BCUT2D eigenvalue weighted by molar-refractivity contribution is 6.28. The van der Waals surface area contributed by atoms with E-state index in [1.165, 1.54) is 0 Å². The van der Waals surface area contributed by atoms with Gasteiger partial charge in [0.25, 0.3) is 0 Å². The van der Waals surface area contributed by atoms with Crippen LogP contribution >= 0.6 is 11.6 Å². The number of nitrogens with zero attached hydrogens (tertiary/aromatic N) is 2. The third-order valence-corrected chi connectivity index (χ3v) is 3.04. The normalized spacial score (nSPS) is 12.7. The van der Waals surface area contributed by atoms with Crippen molar-refractivity contribution in [2.75, 3.05) is 11.9 Å². The molecule has 108 valence electrons. The van der Waals surface area contributed by atoms with Gasteiger partial charge in [-0.15, -0.1) is 0 Å². The van der Waals surface area contributed by atoms with Crippen molar-refractivity contribution in [2.45, 2.75) is 52.5 Å². The van der Waals surface area contributed by atoms with Crippen LogP contribution < -0.4 is 5.32 Å². The van der Waals surface area contributed by atoms with Crippen LogP contribution in [0, 0.1) is 5.92 Å². The molecule has 1 aromatic rings. The molecule has 4 nitrogen and oxygen atoms in total. The Morgan fingerprint density at radius 2 is 2.11 bits per heavy atom. The summed E-state index contributed by atoms with van der Waals surface area (Å²) < 4.78 is 0. The molecular weight excluding hydrogens is 262 g/mol. The average molecular weight is 286 g/mol. The van der Waals surface area contributed by atoms with E-state index in [4.69, 9.17) is 11.6 Å². The first-order valence-corrected chi connectivity index (χ1v) is 7.33. The Labute approximate surface area is 120 Å². The molecule has 0 unspecified atom stereocenters. The maximum Gasteiger partial charge on any atom is 0.224 e. The predicted molar refractivity (Wildman–Crippen MR) is 79.6 cm³/mol. The smallest absolute Gasteiger partial charge is 0.224 e. The number of aryl methyl sites for hydroxylation is 1. The standard InChI is InChI=1S/C14H24ClN3O/c1-4-5-6-11-8-13(18-14(15)17-11)16-12(9-19)7-10(2)3/h8,10,12,19H,4-7,9H2,1-3H3,(H,16,17,18)/t12-/m0/s1. The lowest BCUT2D eigenvalue weighted by molar-refractivity contribution is 0.259. The first-order chi connectivity index (χ1) is 9.05. The Hall–Kier alpha value is -0.870. The topological polar surface area (TPSA) is 58.0 Å². The molecule has 0 amide bonds. The zero-order valence-corrected chi connectivity index (χ0v) is 12.7. The van der Waals surface area contributed by atoms with E-state index < -0.39 is 0 Å². The van der Waals surface area contributed by atoms with Crippen molar-refractivity contribution in [3.8, 4) is 0 Å². The second-order valence-corrected chi connectivity index (χ2v) is 5.61. The molecule has 0 radical (unpaired) electrons. The predicted octanol–water partition coefficient (Wildman–Crippen LogP) is 3.29. The van der Waals surface area contributed by atoms with Gasteiger partial charge in [0.1, 0.15) is 5.82 Å². The molecule has 0 aliphatic rings. The first-order valence-electron chi connectivity index (χ1n) is 6.96. The lowest BCUT2D eigenvalue weighted by atomic mass is 10.0. The number of unbranched alkanes of at least 4 members (excludes halogenated alkanes) is 1. The van der Waals surface area contributed by atoms with Crippen molar-refractivity contribution >= 4 is 17.4 Å². The van der Waals surface area contributed by atoms with Crippen molar-refractivity contribution in [3.05, 3.63) is 17.0 Å². The highest BCUT2D eigenvalue weighted by atomic mass is 35.5. The molecule has 1 aromatic heterocycles. The molecule has 0 saturated carbocycles. The van der Waals surface area contributed by atoms with Gasteiger partial charge in [0.15, 0.2) is 0 Å². The minimum Gasteiger partial charge on any atom is -0.394 e. The van der Waals surface area contributed by atoms with Crippen LogP contribution in [0.15, 0.2) is 6.07 Å². The van der Waals surface area contributed by atoms with Gasteiger partial charge < -0.3 is 10.4 Å². The van der Waals surface area contributed by atoms with Gasteiger partial charge in [0.2, 0.25) is 5.28 Å². The van der Waals surface area contributed by atoms with Gasteiger partial charge in [-0.05, 0) is 36.8 Å². The minimum atomic E-state index is 0.00462. The van der Waals surface area contributed by atoms with Crippen molar-refractivity contribution in [1.82, 2.24) is 9.97 Å². The summed E-state index contributed by atoms with van der Waals surface area (Å²) in [5.74, 6) is 1.22. The zero-order valence-electron chi connectivity index (χ0n) is 12.0. The van der Waals surface area contributed by atoms with E-state index in [-0.39, 0.29) is 17.9 Å². The third kappa shape index (κ3) is 6.21. The summed E-state index contributed by atoms with van der Waals surface area (Å²) in [6.45, 7) is 6.49. The van der Waals surface area contributed by atoms with E-state index in [0.29, 0.717) is 11.7 Å². The van der Waals surface area contributed by atoms with Crippen LogP contribution in [0.4, 0.5) is 5.82 Å². The number of nitrogens with one attached hydrogen (secondary N) is 1. The monoisotopic (exact) mass is 285 g/mol. The molecule has 0 fully saturated rings. The van der Waals surface area contributed by atoms with Crippen LogP contribution in [-0.2, 0) is 6.42 Å². The molecule has 0 aliphatic heterocycles. The number of halogens is 1. The summed E-state index contributed by atoms with van der Waals surface area (Å²) >= 11 is 5.94.